The van der Waals surface area contributed by atoms with Crippen LogP contribution in [0.15, 0.2) is 42.5 Å². The maximum atomic E-state index is 12.7. The van der Waals surface area contributed by atoms with Gasteiger partial charge in [-0.2, -0.15) is 13.2 Å². The van der Waals surface area contributed by atoms with Crippen LogP contribution < -0.4 is 15.4 Å². The molecule has 0 spiro atoms. The van der Waals surface area contributed by atoms with Crippen LogP contribution in [0.4, 0.5) is 18.9 Å². The second-order valence-corrected chi connectivity index (χ2v) is 6.02. The van der Waals surface area contributed by atoms with Gasteiger partial charge in [0.1, 0.15) is 11.8 Å². The van der Waals surface area contributed by atoms with Gasteiger partial charge in [-0.05, 0) is 35.9 Å². The second-order valence-electron chi connectivity index (χ2n) is 5.62. The van der Waals surface area contributed by atoms with Crippen molar-refractivity contribution in [3.63, 3.8) is 0 Å². The lowest BCUT2D eigenvalue weighted by atomic mass is 9.88. The van der Waals surface area contributed by atoms with Crippen LogP contribution in [0.5, 0.6) is 5.75 Å². The van der Waals surface area contributed by atoms with Crippen molar-refractivity contribution in [1.29, 1.82) is 0 Å². The van der Waals surface area contributed by atoms with E-state index in [1.807, 2.05) is 0 Å². The van der Waals surface area contributed by atoms with Crippen LogP contribution in [0.1, 0.15) is 17.2 Å². The van der Waals surface area contributed by atoms with Crippen molar-refractivity contribution < 1.29 is 22.7 Å². The number of alkyl halides is 3. The van der Waals surface area contributed by atoms with Crippen molar-refractivity contribution >= 4 is 23.2 Å². The summed E-state index contributed by atoms with van der Waals surface area (Å²) in [7, 11) is 1.47. The molecule has 1 amide bonds. The van der Waals surface area contributed by atoms with Crippen molar-refractivity contribution in [2.24, 2.45) is 5.73 Å². The maximum absolute atomic E-state index is 12.7. The average molecular weight is 371 g/mol. The fourth-order valence-corrected chi connectivity index (χ4v) is 3.08. The Hall–Kier alpha value is -2.25. The van der Waals surface area contributed by atoms with E-state index < -0.39 is 23.8 Å². The van der Waals surface area contributed by atoms with Crippen LogP contribution in [0.2, 0.25) is 5.02 Å². The molecule has 2 aromatic rings. The average Bonchev–Trinajstić information content (AvgIpc) is 2.58. The van der Waals surface area contributed by atoms with Crippen molar-refractivity contribution in [3.8, 4) is 5.75 Å². The van der Waals surface area contributed by atoms with Gasteiger partial charge in [-0.15, -0.1) is 0 Å². The van der Waals surface area contributed by atoms with Crippen molar-refractivity contribution in [2.45, 2.75) is 18.3 Å². The third kappa shape index (κ3) is 3.05. The van der Waals surface area contributed by atoms with E-state index in [0.717, 1.165) is 12.1 Å². The molecule has 0 bridgehead atoms. The Morgan fingerprint density at radius 1 is 1.16 bits per heavy atom. The number of rotatable bonds is 3. The van der Waals surface area contributed by atoms with Gasteiger partial charge in [0.05, 0.1) is 23.7 Å². The molecular formula is C17H14ClF3N2O2. The van der Waals surface area contributed by atoms with Gasteiger partial charge >= 0.3 is 6.18 Å². The van der Waals surface area contributed by atoms with E-state index in [1.54, 1.807) is 18.2 Å². The van der Waals surface area contributed by atoms with E-state index in [1.165, 1.54) is 24.1 Å². The minimum atomic E-state index is -4.42. The lowest BCUT2D eigenvalue weighted by Crippen LogP contribution is -2.63. The minimum absolute atomic E-state index is 0.319. The number of carbonyl (C=O) groups is 1. The van der Waals surface area contributed by atoms with Gasteiger partial charge in [-0.1, -0.05) is 23.7 Å². The van der Waals surface area contributed by atoms with E-state index in [2.05, 4.69) is 0 Å². The molecule has 1 aliphatic rings. The fourth-order valence-electron chi connectivity index (χ4n) is 2.83. The zero-order chi connectivity index (χ0) is 18.4. The van der Waals surface area contributed by atoms with E-state index in [-0.39, 0.29) is 5.91 Å². The summed E-state index contributed by atoms with van der Waals surface area (Å²) in [6.45, 7) is 0. The first-order valence-corrected chi connectivity index (χ1v) is 7.71. The fraction of sp³-hybridized carbons (Fsp3) is 0.235. The van der Waals surface area contributed by atoms with Crippen molar-refractivity contribution in [1.82, 2.24) is 0 Å². The number of nitrogens with zero attached hydrogens (tertiary/aromatic N) is 1. The molecule has 0 unspecified atom stereocenters. The molecule has 132 valence electrons. The van der Waals surface area contributed by atoms with Gasteiger partial charge in [0.25, 0.3) is 0 Å². The quantitative estimate of drug-likeness (QED) is 0.836. The number of ether oxygens (including phenoxy) is 1. The summed E-state index contributed by atoms with van der Waals surface area (Å²) < 4.78 is 43.2. The Morgan fingerprint density at radius 2 is 1.80 bits per heavy atom. The van der Waals surface area contributed by atoms with Crippen LogP contribution in [0.25, 0.3) is 0 Å². The molecule has 4 nitrogen and oxygen atoms in total. The van der Waals surface area contributed by atoms with E-state index in [9.17, 15) is 18.0 Å². The molecule has 2 atom stereocenters. The first-order chi connectivity index (χ1) is 11.7. The van der Waals surface area contributed by atoms with Crippen molar-refractivity contribution in [3.05, 3.63) is 58.6 Å². The summed E-state index contributed by atoms with van der Waals surface area (Å²) >= 11 is 6.08. The third-order valence-electron chi connectivity index (χ3n) is 4.13. The molecule has 2 N–H and O–H groups in total. The molecule has 1 saturated heterocycles. The topological polar surface area (TPSA) is 55.6 Å². The van der Waals surface area contributed by atoms with Gasteiger partial charge in [0, 0.05) is 5.69 Å². The molecule has 8 heteroatoms. The zero-order valence-corrected chi connectivity index (χ0v) is 13.8. The first-order valence-electron chi connectivity index (χ1n) is 7.33. The number of hydrogen-bond donors (Lipinski definition) is 1. The Labute approximate surface area is 146 Å². The van der Waals surface area contributed by atoms with Gasteiger partial charge in [0.15, 0.2) is 0 Å². The molecule has 0 radical (unpaired) electrons. The molecule has 3 rings (SSSR count). The number of hydrogen-bond acceptors (Lipinski definition) is 3. The second kappa shape index (κ2) is 6.24. The molecule has 0 aliphatic carbocycles. The number of β-lactam (4-membered cyclic amide) rings is 1. The predicted molar refractivity (Wildman–Crippen MR) is 87.7 cm³/mol. The predicted octanol–water partition coefficient (Wildman–Crippen LogP) is 3.78. The number of methoxy groups -OCH3 is 1. The van der Waals surface area contributed by atoms with E-state index in [0.29, 0.717) is 22.0 Å². The summed E-state index contributed by atoms with van der Waals surface area (Å²) in [6.07, 6.45) is -4.42. The summed E-state index contributed by atoms with van der Waals surface area (Å²) in [5, 5.41) is 0.319. The van der Waals surface area contributed by atoms with Crippen LogP contribution in [0.3, 0.4) is 0 Å². The maximum Gasteiger partial charge on any atom is 0.416 e. The van der Waals surface area contributed by atoms with Crippen LogP contribution >= 0.6 is 11.6 Å². The molecule has 1 aliphatic heterocycles. The summed E-state index contributed by atoms with van der Waals surface area (Å²) in [5.74, 6) is 0.125. The first kappa shape index (κ1) is 17.6. The highest BCUT2D eigenvalue weighted by Crippen LogP contribution is 2.41. The number of carbonyl (C=O) groups excluding carboxylic acids is 1. The Bertz CT molecular complexity index is 809. The number of halogens is 4. The van der Waals surface area contributed by atoms with E-state index >= 15 is 0 Å². The molecule has 25 heavy (non-hydrogen) atoms. The van der Waals surface area contributed by atoms with Gasteiger partial charge in [0.2, 0.25) is 5.91 Å². The molecule has 1 heterocycles. The molecule has 0 saturated carbocycles. The molecule has 1 fully saturated rings. The lowest BCUT2D eigenvalue weighted by Gasteiger charge is -2.45. The van der Waals surface area contributed by atoms with Gasteiger partial charge in [-0.3, -0.25) is 4.79 Å². The van der Waals surface area contributed by atoms with Crippen LogP contribution in [0, 0.1) is 0 Å². The molecule has 2 aromatic carbocycles. The smallest absolute Gasteiger partial charge is 0.416 e. The molecular weight excluding hydrogens is 357 g/mol. The highest BCUT2D eigenvalue weighted by atomic mass is 35.5. The zero-order valence-electron chi connectivity index (χ0n) is 13.0. The highest BCUT2D eigenvalue weighted by Gasteiger charge is 2.47. The summed E-state index contributed by atoms with van der Waals surface area (Å²) in [6, 6.07) is 8.05. The normalized spacial score (nSPS) is 20.4. The number of nitrogens with two attached hydrogens (primary N) is 1. The Morgan fingerprint density at radius 3 is 2.32 bits per heavy atom. The largest absolute Gasteiger partial charge is 0.495 e. The highest BCUT2D eigenvalue weighted by molar-refractivity contribution is 6.32. The summed E-state index contributed by atoms with van der Waals surface area (Å²) in [5.41, 5.74) is 6.14. The lowest BCUT2D eigenvalue weighted by molar-refractivity contribution is -0.137. The SMILES string of the molecule is COc1ccc(N2C(=O)[C@@H](N)[C@H]2c2ccc(C(F)(F)F)cc2)cc1Cl. The summed E-state index contributed by atoms with van der Waals surface area (Å²) in [4.78, 5) is 13.6. The Balaban J connectivity index is 1.92. The number of benzene rings is 2. The Kier molecular flexibility index (Phi) is 4.38. The van der Waals surface area contributed by atoms with Gasteiger partial charge < -0.3 is 15.4 Å². The number of anilines is 1. The minimum Gasteiger partial charge on any atom is -0.495 e. The van der Waals surface area contributed by atoms with Crippen molar-refractivity contribution in [2.75, 3.05) is 12.0 Å². The van der Waals surface area contributed by atoms with Gasteiger partial charge in [-0.25, -0.2) is 0 Å². The third-order valence-corrected chi connectivity index (χ3v) is 4.43. The molecule has 0 aromatic heterocycles. The van der Waals surface area contributed by atoms with Crippen LogP contribution in [-0.2, 0) is 11.0 Å². The van der Waals surface area contributed by atoms with Crippen LogP contribution in [-0.4, -0.2) is 19.1 Å². The monoisotopic (exact) mass is 370 g/mol. The standard InChI is InChI=1S/C17H14ClF3N2O2/c1-25-13-7-6-11(8-12(13)18)23-15(14(22)16(23)24)9-2-4-10(5-3-9)17(19,20)21/h2-8,14-15H,22H2,1H3/t14-,15+/m0/s1. The number of amides is 1. The van der Waals surface area contributed by atoms with E-state index in [4.69, 9.17) is 22.1 Å².